The Morgan fingerprint density at radius 2 is 0.548 bits per heavy atom. The van der Waals surface area contributed by atoms with E-state index in [0.29, 0.717) is 25.7 Å². The first kappa shape index (κ1) is 82.1. The van der Waals surface area contributed by atoms with Gasteiger partial charge in [-0.05, 0) is 37.5 Å². The standard InChI is InChI=1S/C65H126O17P2/c1-7-9-11-13-15-21-29-35-41-47-62(67)75-53-60(81-64(69)49-43-37-31-22-16-14-12-10-8-2)55-79-83(71,72)77-51-59(66)52-78-84(73,74)80-56-61(54-76-63(68)48-42-36-30-26-20-24-28-34-40-46-58(5)6)82-65(70)50-44-38-32-25-19-17-18-23-27-33-39-45-57(3)4/h57-61,66H,7-56H2,1-6H3,(H,71,72)(H,73,74)/t59-,60+,61+/m0/s1. The predicted octanol–water partition coefficient (Wildman–Crippen LogP) is 18.0. The summed E-state index contributed by atoms with van der Waals surface area (Å²) in [6, 6.07) is 0. The number of unbranched alkanes of at least 4 members (excludes halogenated alkanes) is 34. The molecule has 0 heterocycles. The zero-order chi connectivity index (χ0) is 62.2. The van der Waals surface area contributed by atoms with Gasteiger partial charge in [0.1, 0.15) is 19.3 Å². The van der Waals surface area contributed by atoms with Crippen molar-refractivity contribution in [3.05, 3.63) is 0 Å². The molecule has 0 bridgehead atoms. The van der Waals surface area contributed by atoms with Gasteiger partial charge in [0.2, 0.25) is 0 Å². The van der Waals surface area contributed by atoms with Crippen LogP contribution in [0.3, 0.4) is 0 Å². The molecular weight excluding hydrogens is 1110 g/mol. The molecular formula is C65H126O17P2. The van der Waals surface area contributed by atoms with Crippen LogP contribution < -0.4 is 0 Å². The number of hydrogen-bond acceptors (Lipinski definition) is 15. The van der Waals surface area contributed by atoms with Gasteiger partial charge in [0, 0.05) is 25.7 Å². The van der Waals surface area contributed by atoms with E-state index in [1.807, 2.05) is 0 Å². The van der Waals surface area contributed by atoms with Crippen molar-refractivity contribution < 1.29 is 80.2 Å². The van der Waals surface area contributed by atoms with Crippen LogP contribution in [0, 0.1) is 11.8 Å². The summed E-state index contributed by atoms with van der Waals surface area (Å²) in [5.41, 5.74) is 0. The third-order valence-corrected chi connectivity index (χ3v) is 16.9. The number of esters is 4. The summed E-state index contributed by atoms with van der Waals surface area (Å²) in [6.07, 6.45) is 40.3. The normalized spacial score (nSPS) is 14.3. The highest BCUT2D eigenvalue weighted by atomic mass is 31.2. The predicted molar refractivity (Wildman–Crippen MR) is 335 cm³/mol. The lowest BCUT2D eigenvalue weighted by atomic mass is 10.0. The Labute approximate surface area is 511 Å². The molecule has 0 aromatic carbocycles. The summed E-state index contributed by atoms with van der Waals surface area (Å²) in [5.74, 6) is -0.624. The van der Waals surface area contributed by atoms with Crippen LogP contribution in [0.5, 0.6) is 0 Å². The molecule has 84 heavy (non-hydrogen) atoms. The minimum absolute atomic E-state index is 0.105. The largest absolute Gasteiger partial charge is 0.472 e. The highest BCUT2D eigenvalue weighted by Gasteiger charge is 2.30. The van der Waals surface area contributed by atoms with Crippen molar-refractivity contribution in [1.29, 1.82) is 0 Å². The zero-order valence-corrected chi connectivity index (χ0v) is 56.0. The van der Waals surface area contributed by atoms with E-state index in [0.717, 1.165) is 102 Å². The third kappa shape index (κ3) is 59.0. The van der Waals surface area contributed by atoms with Gasteiger partial charge in [-0.25, -0.2) is 9.13 Å². The summed E-state index contributed by atoms with van der Waals surface area (Å²) >= 11 is 0. The van der Waals surface area contributed by atoms with E-state index in [1.165, 1.54) is 141 Å². The van der Waals surface area contributed by atoms with Crippen molar-refractivity contribution in [2.45, 2.75) is 342 Å². The Hall–Kier alpha value is -1.94. The van der Waals surface area contributed by atoms with E-state index >= 15 is 0 Å². The van der Waals surface area contributed by atoms with Gasteiger partial charge < -0.3 is 33.8 Å². The third-order valence-electron chi connectivity index (χ3n) is 15.0. The SMILES string of the molecule is CCCCCCCCCCCC(=O)OC[C@H](COP(=O)(O)OC[C@H](O)COP(=O)(O)OC[C@@H](COC(=O)CCCCCCCCCCCC(C)C)OC(=O)CCCCCCCCCCCCCC(C)C)OC(=O)CCCCCCCCCCC. The molecule has 0 spiro atoms. The molecule has 0 aliphatic heterocycles. The summed E-state index contributed by atoms with van der Waals surface area (Å²) in [7, 11) is -9.89. The van der Waals surface area contributed by atoms with Crippen molar-refractivity contribution in [2.24, 2.45) is 11.8 Å². The molecule has 3 N–H and O–H groups in total. The van der Waals surface area contributed by atoms with E-state index in [9.17, 15) is 43.2 Å². The fourth-order valence-electron chi connectivity index (χ4n) is 9.71. The van der Waals surface area contributed by atoms with Crippen molar-refractivity contribution >= 4 is 39.5 Å². The number of hydrogen-bond donors (Lipinski definition) is 3. The van der Waals surface area contributed by atoms with Crippen LogP contribution in [-0.4, -0.2) is 96.7 Å². The van der Waals surface area contributed by atoms with Gasteiger partial charge in [0.15, 0.2) is 12.2 Å². The van der Waals surface area contributed by atoms with Crippen LogP contribution in [0.4, 0.5) is 0 Å². The van der Waals surface area contributed by atoms with E-state index < -0.39 is 97.5 Å². The highest BCUT2D eigenvalue weighted by molar-refractivity contribution is 7.47. The number of aliphatic hydroxyl groups excluding tert-OH is 1. The number of carbonyl (C=O) groups is 4. The van der Waals surface area contributed by atoms with Crippen molar-refractivity contribution in [3.63, 3.8) is 0 Å². The Morgan fingerprint density at radius 3 is 0.810 bits per heavy atom. The quantitative estimate of drug-likeness (QED) is 0.0222. The minimum atomic E-state index is -4.95. The van der Waals surface area contributed by atoms with Gasteiger partial charge in [-0.2, -0.15) is 0 Å². The molecule has 0 saturated carbocycles. The molecule has 0 aliphatic rings. The molecule has 5 atom stereocenters. The van der Waals surface area contributed by atoms with Crippen LogP contribution >= 0.6 is 15.6 Å². The van der Waals surface area contributed by atoms with Gasteiger partial charge in [0.05, 0.1) is 26.4 Å². The Morgan fingerprint density at radius 1 is 0.321 bits per heavy atom. The molecule has 19 heteroatoms. The van der Waals surface area contributed by atoms with E-state index in [4.69, 9.17) is 37.0 Å². The van der Waals surface area contributed by atoms with Crippen LogP contribution in [0.2, 0.25) is 0 Å². The van der Waals surface area contributed by atoms with Gasteiger partial charge in [-0.3, -0.25) is 37.3 Å². The van der Waals surface area contributed by atoms with Gasteiger partial charge in [-0.15, -0.1) is 0 Å². The molecule has 0 aliphatic carbocycles. The first-order valence-electron chi connectivity index (χ1n) is 34.0. The highest BCUT2D eigenvalue weighted by Crippen LogP contribution is 2.45. The summed E-state index contributed by atoms with van der Waals surface area (Å²) in [6.45, 7) is 9.46. The molecule has 0 radical (unpaired) electrons. The maximum atomic E-state index is 13.0. The lowest BCUT2D eigenvalue weighted by Gasteiger charge is -2.21. The fourth-order valence-corrected chi connectivity index (χ4v) is 11.3. The van der Waals surface area contributed by atoms with Crippen LogP contribution in [0.15, 0.2) is 0 Å². The molecule has 2 unspecified atom stereocenters. The van der Waals surface area contributed by atoms with E-state index in [2.05, 4.69) is 41.5 Å². The maximum Gasteiger partial charge on any atom is 0.472 e. The van der Waals surface area contributed by atoms with Gasteiger partial charge in [0.25, 0.3) is 0 Å². The molecule has 0 amide bonds. The Bertz CT molecular complexity index is 1650. The number of carbonyl (C=O) groups excluding carboxylic acids is 4. The zero-order valence-electron chi connectivity index (χ0n) is 54.2. The fraction of sp³-hybridized carbons (Fsp3) is 0.938. The number of ether oxygens (including phenoxy) is 4. The van der Waals surface area contributed by atoms with Gasteiger partial charge in [-0.1, -0.05) is 273 Å². The summed E-state index contributed by atoms with van der Waals surface area (Å²) in [4.78, 5) is 72.2. The number of phosphoric ester groups is 2. The minimum Gasteiger partial charge on any atom is -0.462 e. The van der Waals surface area contributed by atoms with Crippen LogP contribution in [-0.2, 0) is 65.4 Å². The van der Waals surface area contributed by atoms with Crippen molar-refractivity contribution in [1.82, 2.24) is 0 Å². The Kier molecular flexibility index (Phi) is 56.2. The number of rotatable bonds is 64. The van der Waals surface area contributed by atoms with Gasteiger partial charge >= 0.3 is 39.5 Å². The second kappa shape index (κ2) is 57.5. The monoisotopic (exact) mass is 1240 g/mol. The summed E-state index contributed by atoms with van der Waals surface area (Å²) in [5, 5.41) is 10.5. The number of aliphatic hydroxyl groups is 1. The first-order chi connectivity index (χ1) is 40.4. The second-order valence-electron chi connectivity index (χ2n) is 24.5. The molecule has 498 valence electrons. The van der Waals surface area contributed by atoms with E-state index in [-0.39, 0.29) is 25.7 Å². The summed E-state index contributed by atoms with van der Waals surface area (Å²) < 4.78 is 68.0. The molecule has 17 nitrogen and oxygen atoms in total. The van der Waals surface area contributed by atoms with Crippen molar-refractivity contribution in [3.8, 4) is 0 Å². The molecule has 0 saturated heterocycles. The first-order valence-corrected chi connectivity index (χ1v) is 37.0. The van der Waals surface area contributed by atoms with Crippen molar-refractivity contribution in [2.75, 3.05) is 39.6 Å². The average Bonchev–Trinajstić information content (AvgIpc) is 3.64. The molecule has 0 rings (SSSR count). The maximum absolute atomic E-state index is 13.0. The lowest BCUT2D eigenvalue weighted by Crippen LogP contribution is -2.30. The molecule has 0 fully saturated rings. The number of phosphoric acid groups is 2. The smallest absolute Gasteiger partial charge is 0.462 e. The lowest BCUT2D eigenvalue weighted by molar-refractivity contribution is -0.161. The topological polar surface area (TPSA) is 237 Å². The average molecular weight is 1240 g/mol. The van der Waals surface area contributed by atoms with Crippen LogP contribution in [0.1, 0.15) is 324 Å². The second-order valence-corrected chi connectivity index (χ2v) is 27.4. The Balaban J connectivity index is 5.23. The molecule has 0 aromatic rings. The van der Waals surface area contributed by atoms with Crippen LogP contribution in [0.25, 0.3) is 0 Å². The molecule has 0 aromatic heterocycles. The van der Waals surface area contributed by atoms with E-state index in [1.54, 1.807) is 0 Å².